The molecule has 0 atom stereocenters. The number of urea groups is 1. The SMILES string of the molecule is C=NC(C)(C)Cc1ccc(NS(=O)(=O)c2ccc(NC(=O)NCc3ccccc3)cc2)cc1. The third-order valence-corrected chi connectivity index (χ3v) is 6.39. The monoisotopic (exact) mass is 464 g/mol. The molecule has 3 rings (SSSR count). The van der Waals surface area contributed by atoms with E-state index in [9.17, 15) is 13.2 Å². The van der Waals surface area contributed by atoms with Crippen LogP contribution in [0.25, 0.3) is 0 Å². The molecule has 0 heterocycles. The van der Waals surface area contributed by atoms with Crippen LogP contribution in [-0.2, 0) is 23.0 Å². The zero-order valence-electron chi connectivity index (χ0n) is 18.7. The number of nitrogens with zero attached hydrogens (tertiary/aromatic N) is 1. The number of amides is 2. The van der Waals surface area contributed by atoms with Crippen molar-refractivity contribution in [1.82, 2.24) is 5.32 Å². The van der Waals surface area contributed by atoms with Gasteiger partial charge in [-0.15, -0.1) is 0 Å². The summed E-state index contributed by atoms with van der Waals surface area (Å²) in [5.74, 6) is 0. The molecule has 7 nitrogen and oxygen atoms in total. The molecule has 0 spiro atoms. The molecule has 0 saturated carbocycles. The fourth-order valence-electron chi connectivity index (χ4n) is 3.13. The lowest BCUT2D eigenvalue weighted by Crippen LogP contribution is -2.28. The first-order valence-corrected chi connectivity index (χ1v) is 11.9. The van der Waals surface area contributed by atoms with Crippen LogP contribution in [0.1, 0.15) is 25.0 Å². The average molecular weight is 465 g/mol. The number of sulfonamides is 1. The Hall–Kier alpha value is -3.65. The topological polar surface area (TPSA) is 99.7 Å². The molecule has 0 aliphatic rings. The van der Waals surface area contributed by atoms with Crippen molar-refractivity contribution in [2.75, 3.05) is 10.0 Å². The second-order valence-electron chi connectivity index (χ2n) is 8.27. The fraction of sp³-hybridized carbons (Fsp3) is 0.200. The van der Waals surface area contributed by atoms with Crippen molar-refractivity contribution in [3.63, 3.8) is 0 Å². The summed E-state index contributed by atoms with van der Waals surface area (Å²) in [7, 11) is -3.76. The summed E-state index contributed by atoms with van der Waals surface area (Å²) in [6, 6.07) is 22.3. The van der Waals surface area contributed by atoms with Crippen LogP contribution < -0.4 is 15.4 Å². The number of nitrogens with one attached hydrogen (secondary N) is 3. The van der Waals surface area contributed by atoms with Crippen LogP contribution in [-0.4, -0.2) is 26.7 Å². The zero-order valence-corrected chi connectivity index (χ0v) is 19.5. The van der Waals surface area contributed by atoms with Crippen LogP contribution >= 0.6 is 0 Å². The summed E-state index contributed by atoms with van der Waals surface area (Å²) >= 11 is 0. The third kappa shape index (κ3) is 7.18. The molecule has 33 heavy (non-hydrogen) atoms. The molecule has 0 fully saturated rings. The lowest BCUT2D eigenvalue weighted by atomic mass is 9.96. The number of aliphatic imine (C=N–C) groups is 1. The molecule has 0 aliphatic heterocycles. The molecule has 0 unspecified atom stereocenters. The van der Waals surface area contributed by atoms with Crippen LogP contribution in [0.2, 0.25) is 0 Å². The van der Waals surface area contributed by atoms with Crippen LogP contribution in [0.5, 0.6) is 0 Å². The van der Waals surface area contributed by atoms with Crippen molar-refractivity contribution < 1.29 is 13.2 Å². The summed E-state index contributed by atoms with van der Waals surface area (Å²) < 4.78 is 28.0. The normalized spacial score (nSPS) is 11.5. The third-order valence-electron chi connectivity index (χ3n) is 4.99. The van der Waals surface area contributed by atoms with Crippen molar-refractivity contribution in [2.24, 2.45) is 4.99 Å². The molecule has 172 valence electrons. The second-order valence-corrected chi connectivity index (χ2v) is 9.95. The Morgan fingerprint density at radius 3 is 2.09 bits per heavy atom. The van der Waals surface area contributed by atoms with Crippen LogP contribution in [0.4, 0.5) is 16.2 Å². The van der Waals surface area contributed by atoms with Gasteiger partial charge in [-0.1, -0.05) is 42.5 Å². The van der Waals surface area contributed by atoms with E-state index in [1.165, 1.54) is 12.1 Å². The molecule has 3 N–H and O–H groups in total. The van der Waals surface area contributed by atoms with Crippen molar-refractivity contribution in [1.29, 1.82) is 0 Å². The minimum atomic E-state index is -3.76. The van der Waals surface area contributed by atoms with E-state index in [1.807, 2.05) is 56.3 Å². The van der Waals surface area contributed by atoms with E-state index in [1.54, 1.807) is 24.3 Å². The number of carbonyl (C=O) groups excluding carboxylic acids is 1. The Morgan fingerprint density at radius 2 is 1.48 bits per heavy atom. The average Bonchev–Trinajstić information content (AvgIpc) is 2.80. The molecule has 8 heteroatoms. The number of anilines is 2. The van der Waals surface area contributed by atoms with Crippen molar-refractivity contribution in [2.45, 2.75) is 37.2 Å². The number of rotatable bonds is 9. The highest BCUT2D eigenvalue weighted by molar-refractivity contribution is 7.92. The lowest BCUT2D eigenvalue weighted by Gasteiger charge is -2.19. The van der Waals surface area contributed by atoms with Gasteiger partial charge in [0.15, 0.2) is 0 Å². The molecule has 2 amide bonds. The van der Waals surface area contributed by atoms with E-state index in [0.717, 1.165) is 11.1 Å². The minimum Gasteiger partial charge on any atom is -0.334 e. The van der Waals surface area contributed by atoms with Gasteiger partial charge in [0.1, 0.15) is 0 Å². The maximum Gasteiger partial charge on any atom is 0.319 e. The quantitative estimate of drug-likeness (QED) is 0.396. The van der Waals surface area contributed by atoms with Gasteiger partial charge in [-0.25, -0.2) is 13.2 Å². The van der Waals surface area contributed by atoms with E-state index >= 15 is 0 Å². The molecule has 0 aromatic heterocycles. The summed E-state index contributed by atoms with van der Waals surface area (Å²) in [6.07, 6.45) is 0.705. The lowest BCUT2D eigenvalue weighted by molar-refractivity contribution is 0.251. The van der Waals surface area contributed by atoms with Crippen molar-refractivity contribution >= 4 is 34.1 Å². The summed E-state index contributed by atoms with van der Waals surface area (Å²) in [5.41, 5.74) is 2.69. The van der Waals surface area contributed by atoms with Crippen molar-refractivity contribution in [3.8, 4) is 0 Å². The maximum absolute atomic E-state index is 12.7. The molecular formula is C25H28N4O3S. The van der Waals surface area contributed by atoms with Gasteiger partial charge in [0.25, 0.3) is 10.0 Å². The smallest absolute Gasteiger partial charge is 0.319 e. The van der Waals surface area contributed by atoms with E-state index in [4.69, 9.17) is 0 Å². The number of hydrogen-bond acceptors (Lipinski definition) is 4. The Bertz CT molecular complexity index is 1190. The van der Waals surface area contributed by atoms with Crippen LogP contribution in [0.15, 0.2) is 88.8 Å². The van der Waals surface area contributed by atoms with Crippen LogP contribution in [0.3, 0.4) is 0 Å². The highest BCUT2D eigenvalue weighted by Crippen LogP contribution is 2.21. The Balaban J connectivity index is 1.57. The highest BCUT2D eigenvalue weighted by atomic mass is 32.2. The largest absolute Gasteiger partial charge is 0.334 e. The second kappa shape index (κ2) is 10.3. The van der Waals surface area contributed by atoms with Crippen molar-refractivity contribution in [3.05, 3.63) is 90.0 Å². The molecule has 3 aromatic rings. The van der Waals surface area contributed by atoms with E-state index < -0.39 is 10.0 Å². The molecule has 0 radical (unpaired) electrons. The standard InChI is InChI=1S/C25H28N4O3S/c1-25(2,26-3)17-19-9-11-22(12-10-19)29-33(31,32)23-15-13-21(14-16-23)28-24(30)27-18-20-7-5-4-6-8-20/h4-16,29H,3,17-18H2,1-2H3,(H2,27,28,30). The Kier molecular flexibility index (Phi) is 7.50. The van der Waals surface area contributed by atoms with E-state index in [-0.39, 0.29) is 16.5 Å². The van der Waals surface area contributed by atoms with Gasteiger partial charge < -0.3 is 10.6 Å². The number of carbonyl (C=O) groups is 1. The molecule has 0 bridgehead atoms. The van der Waals surface area contributed by atoms with E-state index in [2.05, 4.69) is 27.1 Å². The van der Waals surface area contributed by atoms with Gasteiger partial charge in [-0.3, -0.25) is 9.71 Å². The Morgan fingerprint density at radius 1 is 0.879 bits per heavy atom. The van der Waals surface area contributed by atoms with Crippen LogP contribution in [0, 0.1) is 0 Å². The van der Waals surface area contributed by atoms with Gasteiger partial charge in [0, 0.05) is 17.9 Å². The Labute approximate surface area is 195 Å². The summed E-state index contributed by atoms with van der Waals surface area (Å²) in [4.78, 5) is 16.3. The van der Waals surface area contributed by atoms with Gasteiger partial charge in [0.2, 0.25) is 0 Å². The molecule has 0 aliphatic carbocycles. The highest BCUT2D eigenvalue weighted by Gasteiger charge is 2.17. The summed E-state index contributed by atoms with van der Waals surface area (Å²) in [6.45, 7) is 7.97. The van der Waals surface area contributed by atoms with E-state index in [0.29, 0.717) is 24.3 Å². The predicted octanol–water partition coefficient (Wildman–Crippen LogP) is 4.83. The van der Waals surface area contributed by atoms with Gasteiger partial charge in [-0.05, 0) is 74.5 Å². The van der Waals surface area contributed by atoms with Gasteiger partial charge >= 0.3 is 6.03 Å². The molecule has 3 aromatic carbocycles. The molecular weight excluding hydrogens is 436 g/mol. The first kappa shape index (κ1) is 24.0. The number of hydrogen-bond donors (Lipinski definition) is 3. The minimum absolute atomic E-state index is 0.0961. The predicted molar refractivity (Wildman–Crippen MR) is 133 cm³/mol. The first-order valence-electron chi connectivity index (χ1n) is 10.5. The maximum atomic E-state index is 12.7. The van der Waals surface area contributed by atoms with Gasteiger partial charge in [0.05, 0.1) is 10.4 Å². The fourth-order valence-corrected chi connectivity index (χ4v) is 4.19. The number of benzene rings is 3. The summed E-state index contributed by atoms with van der Waals surface area (Å²) in [5, 5.41) is 5.45. The van der Waals surface area contributed by atoms with Gasteiger partial charge in [-0.2, -0.15) is 0 Å². The molecule has 0 saturated heterocycles. The zero-order chi connectivity index (χ0) is 23.9. The first-order chi connectivity index (χ1) is 15.7.